The van der Waals surface area contributed by atoms with Crippen LogP contribution >= 0.6 is 11.3 Å². The van der Waals surface area contributed by atoms with Crippen LogP contribution in [-0.4, -0.2) is 24.6 Å². The van der Waals surface area contributed by atoms with Gasteiger partial charge < -0.3 is 5.11 Å². The first-order chi connectivity index (χ1) is 11.9. The lowest BCUT2D eigenvalue weighted by molar-refractivity contribution is 0.209. The molecule has 1 amide bonds. The molecule has 0 aliphatic carbocycles. The number of nitrogens with zero attached hydrogens (tertiary/aromatic N) is 1. The number of nitrogens with one attached hydrogen (secondary N) is 2. The molecule has 25 heavy (non-hydrogen) atoms. The maximum absolute atomic E-state index is 12.3. The Morgan fingerprint density at radius 1 is 1.00 bits per heavy atom. The Balaban J connectivity index is 1.79. The van der Waals surface area contributed by atoms with E-state index >= 15 is 0 Å². The first kappa shape index (κ1) is 16.9. The quantitative estimate of drug-likeness (QED) is 0.630. The van der Waals surface area contributed by atoms with Crippen LogP contribution in [0.15, 0.2) is 65.0 Å². The molecule has 0 saturated heterocycles. The second-order valence-electron chi connectivity index (χ2n) is 4.97. The molecule has 1 aromatic heterocycles. The minimum atomic E-state index is -3.68. The highest BCUT2D eigenvalue weighted by Crippen LogP contribution is 2.24. The van der Waals surface area contributed by atoms with E-state index < -0.39 is 16.1 Å². The Hall–Kier alpha value is -2.91. The summed E-state index contributed by atoms with van der Waals surface area (Å²) in [6, 6.07) is 13.2. The van der Waals surface area contributed by atoms with Crippen LogP contribution < -0.4 is 10.0 Å². The van der Waals surface area contributed by atoms with E-state index in [4.69, 9.17) is 5.11 Å². The predicted octanol–water partition coefficient (Wildman–Crippen LogP) is 3.70. The fraction of sp³-hybridized carbons (Fsp3) is 0. The Labute approximate surface area is 148 Å². The minimum Gasteiger partial charge on any atom is -0.465 e. The first-order valence-electron chi connectivity index (χ1n) is 7.07. The number of carboxylic acid groups (broad SMARTS) is 1. The van der Waals surface area contributed by atoms with Gasteiger partial charge in [-0.1, -0.05) is 24.3 Å². The van der Waals surface area contributed by atoms with Crippen LogP contribution in [-0.2, 0) is 10.0 Å². The smallest absolute Gasteiger partial charge is 0.409 e. The third-order valence-electron chi connectivity index (χ3n) is 3.29. The van der Waals surface area contributed by atoms with Crippen LogP contribution in [0.3, 0.4) is 0 Å². The molecule has 3 rings (SSSR count). The number of amides is 1. The van der Waals surface area contributed by atoms with Gasteiger partial charge in [-0.3, -0.25) is 10.0 Å². The highest BCUT2D eigenvalue weighted by molar-refractivity contribution is 7.93. The molecule has 0 bridgehead atoms. The molecule has 0 saturated carbocycles. The second-order valence-corrected chi connectivity index (χ2v) is 7.55. The van der Waals surface area contributed by atoms with E-state index in [-0.39, 0.29) is 4.90 Å². The summed E-state index contributed by atoms with van der Waals surface area (Å²) in [5.41, 5.74) is 2.12. The largest absolute Gasteiger partial charge is 0.465 e. The van der Waals surface area contributed by atoms with Crippen LogP contribution in [0.5, 0.6) is 0 Å². The van der Waals surface area contributed by atoms with Crippen molar-refractivity contribution in [2.24, 2.45) is 0 Å². The van der Waals surface area contributed by atoms with Crippen molar-refractivity contribution in [3.05, 3.63) is 60.1 Å². The van der Waals surface area contributed by atoms with Crippen molar-refractivity contribution in [3.63, 3.8) is 0 Å². The summed E-state index contributed by atoms with van der Waals surface area (Å²) in [5.74, 6) is 0. The highest BCUT2D eigenvalue weighted by Gasteiger charge is 2.15. The topological polar surface area (TPSA) is 108 Å². The van der Waals surface area contributed by atoms with E-state index in [0.29, 0.717) is 10.8 Å². The average molecular weight is 375 g/mol. The molecule has 0 unspecified atom stereocenters. The van der Waals surface area contributed by atoms with E-state index in [1.54, 1.807) is 41.8 Å². The van der Waals surface area contributed by atoms with E-state index in [9.17, 15) is 13.2 Å². The van der Waals surface area contributed by atoms with Gasteiger partial charge in [-0.25, -0.2) is 18.2 Å². The van der Waals surface area contributed by atoms with Gasteiger partial charge in [-0.15, -0.1) is 11.3 Å². The molecular formula is C16H13N3O4S2. The lowest BCUT2D eigenvalue weighted by atomic mass is 10.1. The fourth-order valence-corrected chi connectivity index (χ4v) is 3.93. The third-order valence-corrected chi connectivity index (χ3v) is 5.46. The summed E-state index contributed by atoms with van der Waals surface area (Å²) in [5, 5.41) is 12.9. The van der Waals surface area contributed by atoms with Gasteiger partial charge in [0.25, 0.3) is 10.0 Å². The van der Waals surface area contributed by atoms with Crippen molar-refractivity contribution in [1.29, 1.82) is 0 Å². The predicted molar refractivity (Wildman–Crippen MR) is 96.4 cm³/mol. The van der Waals surface area contributed by atoms with Gasteiger partial charge in [0.2, 0.25) is 0 Å². The normalized spacial score (nSPS) is 11.0. The molecule has 0 fully saturated rings. The number of aromatic nitrogens is 1. The van der Waals surface area contributed by atoms with Gasteiger partial charge in [-0.05, 0) is 35.4 Å². The maximum atomic E-state index is 12.3. The Bertz CT molecular complexity index is 967. The summed E-state index contributed by atoms with van der Waals surface area (Å²) in [6.45, 7) is 0. The summed E-state index contributed by atoms with van der Waals surface area (Å²) in [6.07, 6.45) is 0.393. The van der Waals surface area contributed by atoms with Gasteiger partial charge >= 0.3 is 6.09 Å². The SMILES string of the molecule is O=C(O)Nc1ccc(-c2ccc(S(=O)(=O)Nc3nccs3)cc2)cc1. The van der Waals surface area contributed by atoms with E-state index in [1.165, 1.54) is 29.7 Å². The molecule has 0 atom stereocenters. The van der Waals surface area contributed by atoms with Gasteiger partial charge in [-0.2, -0.15) is 0 Å². The van der Waals surface area contributed by atoms with Crippen LogP contribution in [0.25, 0.3) is 11.1 Å². The molecule has 128 valence electrons. The maximum Gasteiger partial charge on any atom is 0.409 e. The Morgan fingerprint density at radius 2 is 1.60 bits per heavy atom. The Morgan fingerprint density at radius 3 is 2.12 bits per heavy atom. The van der Waals surface area contributed by atoms with Gasteiger partial charge in [0.15, 0.2) is 5.13 Å². The van der Waals surface area contributed by atoms with E-state index in [0.717, 1.165) is 11.1 Å². The zero-order valence-corrected chi connectivity index (χ0v) is 14.3. The van der Waals surface area contributed by atoms with Crippen molar-refractivity contribution in [2.75, 3.05) is 10.0 Å². The standard InChI is InChI=1S/C16H13N3O4S2/c20-16(21)18-13-5-1-11(2-6-13)12-3-7-14(8-4-12)25(22,23)19-15-17-9-10-24-15/h1-10,18H,(H,17,19)(H,20,21). The minimum absolute atomic E-state index is 0.135. The number of hydrogen-bond donors (Lipinski definition) is 3. The van der Waals surface area contributed by atoms with Gasteiger partial charge in [0.1, 0.15) is 0 Å². The number of sulfonamides is 1. The van der Waals surface area contributed by atoms with Crippen LogP contribution in [0, 0.1) is 0 Å². The molecule has 3 N–H and O–H groups in total. The molecular weight excluding hydrogens is 362 g/mol. The number of anilines is 2. The molecule has 0 spiro atoms. The van der Waals surface area contributed by atoms with Gasteiger partial charge in [0.05, 0.1) is 4.90 Å². The highest BCUT2D eigenvalue weighted by atomic mass is 32.2. The van der Waals surface area contributed by atoms with Crippen molar-refractivity contribution in [3.8, 4) is 11.1 Å². The van der Waals surface area contributed by atoms with Crippen LogP contribution in [0.1, 0.15) is 0 Å². The lowest BCUT2D eigenvalue weighted by Gasteiger charge is -2.07. The van der Waals surface area contributed by atoms with E-state index in [2.05, 4.69) is 15.0 Å². The van der Waals surface area contributed by atoms with Crippen molar-refractivity contribution in [1.82, 2.24) is 4.98 Å². The number of rotatable bonds is 5. The van der Waals surface area contributed by atoms with Crippen molar-refractivity contribution in [2.45, 2.75) is 4.90 Å². The molecule has 3 aromatic rings. The molecule has 0 aliphatic heterocycles. The summed E-state index contributed by atoms with van der Waals surface area (Å²) < 4.78 is 27.0. The summed E-state index contributed by atoms with van der Waals surface area (Å²) >= 11 is 1.20. The average Bonchev–Trinajstić information content (AvgIpc) is 3.07. The molecule has 0 aliphatic rings. The molecule has 0 radical (unpaired) electrons. The Kier molecular flexibility index (Phi) is 4.68. The van der Waals surface area contributed by atoms with Gasteiger partial charge in [0, 0.05) is 17.3 Å². The number of hydrogen-bond acceptors (Lipinski definition) is 5. The molecule has 1 heterocycles. The lowest BCUT2D eigenvalue weighted by Crippen LogP contribution is -2.12. The molecule has 7 nitrogen and oxygen atoms in total. The second kappa shape index (κ2) is 6.91. The third kappa shape index (κ3) is 4.14. The van der Waals surface area contributed by atoms with E-state index in [1.807, 2.05) is 0 Å². The van der Waals surface area contributed by atoms with Crippen LogP contribution in [0.2, 0.25) is 0 Å². The summed E-state index contributed by atoms with van der Waals surface area (Å²) in [4.78, 5) is 14.6. The monoisotopic (exact) mass is 375 g/mol. The number of thiazole rings is 1. The zero-order valence-electron chi connectivity index (χ0n) is 12.7. The molecule has 2 aromatic carbocycles. The fourth-order valence-electron chi connectivity index (χ4n) is 2.14. The summed E-state index contributed by atoms with van der Waals surface area (Å²) in [7, 11) is -3.68. The zero-order chi connectivity index (χ0) is 17.9. The van der Waals surface area contributed by atoms with Crippen LogP contribution in [0.4, 0.5) is 15.6 Å². The number of carbonyl (C=O) groups is 1. The van der Waals surface area contributed by atoms with Crippen molar-refractivity contribution < 1.29 is 18.3 Å². The first-order valence-corrected chi connectivity index (χ1v) is 9.43. The van der Waals surface area contributed by atoms with Crippen molar-refractivity contribution >= 4 is 38.3 Å². The number of benzene rings is 2. The molecule has 9 heteroatoms.